The Morgan fingerprint density at radius 2 is 2.00 bits per heavy atom. The zero-order valence-corrected chi connectivity index (χ0v) is 15.6. The van der Waals surface area contributed by atoms with E-state index in [1.165, 1.54) is 12.1 Å². The fourth-order valence-corrected chi connectivity index (χ4v) is 3.01. The molecule has 7 nitrogen and oxygen atoms in total. The lowest BCUT2D eigenvalue weighted by Crippen LogP contribution is -2.29. The SMILES string of the molecule is CC(C)(CCO)[C@H](OC(=O)Nc1ccc2c(c1)OCO2)c1ccc(O)c(F)c1. The summed E-state index contributed by atoms with van der Waals surface area (Å²) in [4.78, 5) is 12.5. The molecule has 0 radical (unpaired) electrons. The molecular weight excluding hydrogens is 369 g/mol. The van der Waals surface area contributed by atoms with Gasteiger partial charge in [0.15, 0.2) is 23.1 Å². The number of rotatable bonds is 6. The lowest BCUT2D eigenvalue weighted by atomic mass is 9.80. The van der Waals surface area contributed by atoms with Crippen molar-refractivity contribution >= 4 is 11.8 Å². The number of fused-ring (bicyclic) bond motifs is 1. The van der Waals surface area contributed by atoms with Crippen LogP contribution in [-0.2, 0) is 4.74 Å². The number of halogens is 1. The maximum atomic E-state index is 13.8. The largest absolute Gasteiger partial charge is 0.505 e. The van der Waals surface area contributed by atoms with Crippen LogP contribution in [0.1, 0.15) is 31.9 Å². The quantitative estimate of drug-likeness (QED) is 0.690. The van der Waals surface area contributed by atoms with Crippen LogP contribution in [0.15, 0.2) is 36.4 Å². The molecule has 0 aromatic heterocycles. The summed E-state index contributed by atoms with van der Waals surface area (Å²) in [6.07, 6.45) is -1.29. The molecule has 1 aliphatic heterocycles. The van der Waals surface area contributed by atoms with Gasteiger partial charge in [0.1, 0.15) is 6.10 Å². The molecule has 150 valence electrons. The molecule has 1 amide bonds. The molecule has 1 atom stereocenters. The van der Waals surface area contributed by atoms with Gasteiger partial charge < -0.3 is 24.4 Å². The molecule has 8 heteroatoms. The number of phenolic OH excluding ortho intramolecular Hbond substituents is 1. The third kappa shape index (κ3) is 4.28. The third-order valence-corrected chi connectivity index (χ3v) is 4.58. The number of aliphatic hydroxyl groups excluding tert-OH is 1. The van der Waals surface area contributed by atoms with Crippen LogP contribution >= 0.6 is 0 Å². The Kier molecular flexibility index (Phi) is 5.60. The van der Waals surface area contributed by atoms with Crippen LogP contribution < -0.4 is 14.8 Å². The molecular formula is C20H22FNO6. The first-order valence-corrected chi connectivity index (χ1v) is 8.77. The van der Waals surface area contributed by atoms with E-state index >= 15 is 0 Å². The molecule has 0 unspecified atom stereocenters. The number of hydrogen-bond acceptors (Lipinski definition) is 6. The van der Waals surface area contributed by atoms with Crippen molar-refractivity contribution in [3.8, 4) is 17.2 Å². The van der Waals surface area contributed by atoms with Gasteiger partial charge in [0.05, 0.1) is 0 Å². The van der Waals surface area contributed by atoms with E-state index in [1.54, 1.807) is 32.0 Å². The van der Waals surface area contributed by atoms with Gasteiger partial charge in [0, 0.05) is 23.8 Å². The first-order valence-electron chi connectivity index (χ1n) is 8.77. The molecule has 1 aliphatic rings. The number of hydrogen-bond donors (Lipinski definition) is 3. The number of carbonyl (C=O) groups excluding carboxylic acids is 1. The van der Waals surface area contributed by atoms with Gasteiger partial charge in [-0.2, -0.15) is 0 Å². The molecule has 0 fully saturated rings. The van der Waals surface area contributed by atoms with Gasteiger partial charge in [-0.3, -0.25) is 5.32 Å². The van der Waals surface area contributed by atoms with E-state index in [4.69, 9.17) is 14.2 Å². The van der Waals surface area contributed by atoms with E-state index in [0.29, 0.717) is 29.2 Å². The number of carbonyl (C=O) groups is 1. The van der Waals surface area contributed by atoms with E-state index < -0.39 is 29.2 Å². The van der Waals surface area contributed by atoms with E-state index in [0.717, 1.165) is 6.07 Å². The average Bonchev–Trinajstić information content (AvgIpc) is 3.10. The van der Waals surface area contributed by atoms with Crippen LogP contribution in [0.25, 0.3) is 0 Å². The molecule has 1 heterocycles. The second-order valence-electron chi connectivity index (χ2n) is 7.15. The minimum absolute atomic E-state index is 0.118. The number of amides is 1. The van der Waals surface area contributed by atoms with Gasteiger partial charge in [-0.1, -0.05) is 19.9 Å². The summed E-state index contributed by atoms with van der Waals surface area (Å²) in [7, 11) is 0. The highest BCUT2D eigenvalue weighted by Crippen LogP contribution is 2.41. The van der Waals surface area contributed by atoms with Gasteiger partial charge in [0.2, 0.25) is 6.79 Å². The van der Waals surface area contributed by atoms with E-state index in [-0.39, 0.29) is 13.4 Å². The predicted octanol–water partition coefficient (Wildman–Crippen LogP) is 3.96. The van der Waals surface area contributed by atoms with Crippen molar-refractivity contribution < 1.29 is 33.6 Å². The smallest absolute Gasteiger partial charge is 0.412 e. The van der Waals surface area contributed by atoms with E-state index in [1.807, 2.05) is 0 Å². The van der Waals surface area contributed by atoms with Crippen molar-refractivity contribution in [2.75, 3.05) is 18.7 Å². The number of anilines is 1. The van der Waals surface area contributed by atoms with E-state index in [2.05, 4.69) is 5.32 Å². The molecule has 0 bridgehead atoms. The minimum atomic E-state index is -0.858. The Bertz CT molecular complexity index is 870. The second kappa shape index (κ2) is 7.93. The van der Waals surface area contributed by atoms with Crippen molar-refractivity contribution in [1.29, 1.82) is 0 Å². The van der Waals surface area contributed by atoms with Crippen LogP contribution in [0.5, 0.6) is 17.2 Å². The normalized spacial score (nSPS) is 13.9. The Labute approximate surface area is 161 Å². The van der Waals surface area contributed by atoms with Crippen LogP contribution in [0.2, 0.25) is 0 Å². The number of aromatic hydroxyl groups is 1. The summed E-state index contributed by atoms with van der Waals surface area (Å²) in [6, 6.07) is 8.72. The Morgan fingerprint density at radius 3 is 2.71 bits per heavy atom. The summed E-state index contributed by atoms with van der Waals surface area (Å²) in [5.74, 6) is -0.217. The van der Waals surface area contributed by atoms with Crippen LogP contribution in [0, 0.1) is 11.2 Å². The first-order chi connectivity index (χ1) is 13.3. The number of aliphatic hydroxyl groups is 1. The maximum absolute atomic E-state index is 13.8. The van der Waals surface area contributed by atoms with Crippen molar-refractivity contribution in [3.05, 3.63) is 47.8 Å². The van der Waals surface area contributed by atoms with Crippen molar-refractivity contribution in [2.45, 2.75) is 26.4 Å². The predicted molar refractivity (Wildman–Crippen MR) is 99.0 cm³/mol. The molecule has 28 heavy (non-hydrogen) atoms. The topological polar surface area (TPSA) is 97.3 Å². The van der Waals surface area contributed by atoms with Crippen LogP contribution in [-0.4, -0.2) is 29.7 Å². The molecule has 0 aliphatic carbocycles. The summed E-state index contributed by atoms with van der Waals surface area (Å²) in [5.41, 5.74) is 0.129. The molecule has 3 N–H and O–H groups in total. The zero-order valence-electron chi connectivity index (χ0n) is 15.6. The van der Waals surface area contributed by atoms with Gasteiger partial charge in [0.25, 0.3) is 0 Å². The Hall–Kier alpha value is -3.00. The van der Waals surface area contributed by atoms with Crippen molar-refractivity contribution in [2.24, 2.45) is 5.41 Å². The zero-order chi connectivity index (χ0) is 20.3. The highest BCUT2D eigenvalue weighted by molar-refractivity contribution is 5.85. The summed E-state index contributed by atoms with van der Waals surface area (Å²) >= 11 is 0. The van der Waals surface area contributed by atoms with Gasteiger partial charge >= 0.3 is 6.09 Å². The van der Waals surface area contributed by atoms with Crippen LogP contribution in [0.4, 0.5) is 14.9 Å². The minimum Gasteiger partial charge on any atom is -0.505 e. The standard InChI is InChI=1S/C20H22FNO6/c1-20(2,7-8-23)18(12-3-5-15(24)14(21)9-12)28-19(25)22-13-4-6-16-17(10-13)27-11-26-16/h3-6,9-10,18,23-24H,7-8,11H2,1-2H3,(H,22,25)/t18-/m1/s1. The Balaban J connectivity index is 1.80. The number of nitrogens with one attached hydrogen (secondary N) is 1. The highest BCUT2D eigenvalue weighted by atomic mass is 19.1. The summed E-state index contributed by atoms with van der Waals surface area (Å²) < 4.78 is 29.9. The fourth-order valence-electron chi connectivity index (χ4n) is 3.01. The van der Waals surface area contributed by atoms with Crippen LogP contribution in [0.3, 0.4) is 0 Å². The first kappa shape index (κ1) is 19.8. The van der Waals surface area contributed by atoms with E-state index in [9.17, 15) is 19.4 Å². The number of phenols is 1. The van der Waals surface area contributed by atoms with Gasteiger partial charge in [-0.05, 0) is 36.2 Å². The van der Waals surface area contributed by atoms with Gasteiger partial charge in [-0.15, -0.1) is 0 Å². The summed E-state index contributed by atoms with van der Waals surface area (Å²) in [6.45, 7) is 3.59. The second-order valence-corrected chi connectivity index (χ2v) is 7.15. The molecule has 3 rings (SSSR count). The lowest BCUT2D eigenvalue weighted by molar-refractivity contribution is 0.0150. The number of benzene rings is 2. The fraction of sp³-hybridized carbons (Fsp3) is 0.350. The molecule has 0 spiro atoms. The maximum Gasteiger partial charge on any atom is 0.412 e. The molecule has 0 saturated carbocycles. The Morgan fingerprint density at radius 1 is 1.25 bits per heavy atom. The van der Waals surface area contributed by atoms with Gasteiger partial charge in [-0.25, -0.2) is 9.18 Å². The van der Waals surface area contributed by atoms with Crippen molar-refractivity contribution in [1.82, 2.24) is 0 Å². The molecule has 0 saturated heterocycles. The average molecular weight is 391 g/mol. The lowest BCUT2D eigenvalue weighted by Gasteiger charge is -2.33. The molecule has 2 aromatic carbocycles. The monoisotopic (exact) mass is 391 g/mol. The third-order valence-electron chi connectivity index (χ3n) is 4.58. The number of ether oxygens (including phenoxy) is 3. The summed E-state index contributed by atoms with van der Waals surface area (Å²) in [5, 5.41) is 21.4. The molecule has 2 aromatic rings. The highest BCUT2D eigenvalue weighted by Gasteiger charge is 2.34. The van der Waals surface area contributed by atoms with Crippen molar-refractivity contribution in [3.63, 3.8) is 0 Å².